The second kappa shape index (κ2) is 8.63. The van der Waals surface area contributed by atoms with Crippen molar-refractivity contribution in [2.75, 3.05) is 22.6 Å². The first-order chi connectivity index (χ1) is 16.5. The normalized spacial score (nSPS) is 31.7. The van der Waals surface area contributed by atoms with Gasteiger partial charge in [0.15, 0.2) is 0 Å². The molecular weight excluding hydrogens is 444 g/mol. The summed E-state index contributed by atoms with van der Waals surface area (Å²) < 4.78 is 5.79. The van der Waals surface area contributed by atoms with E-state index >= 15 is 0 Å². The fourth-order valence-corrected chi connectivity index (χ4v) is 8.42. The number of anilines is 2. The molecule has 1 saturated heterocycles. The van der Waals surface area contributed by atoms with Gasteiger partial charge in [-0.25, -0.2) is 0 Å². The minimum absolute atomic E-state index is 0.0846. The zero-order chi connectivity index (χ0) is 23.3. The molecule has 1 atom stereocenters. The Morgan fingerprint density at radius 1 is 1.03 bits per heavy atom. The van der Waals surface area contributed by atoms with E-state index < -0.39 is 0 Å². The second-order valence-corrected chi connectivity index (χ2v) is 11.7. The number of nitrogens with one attached hydrogen (secondary N) is 1. The van der Waals surface area contributed by atoms with E-state index in [9.17, 15) is 9.59 Å². The van der Waals surface area contributed by atoms with Crippen LogP contribution >= 0.6 is 11.8 Å². The summed E-state index contributed by atoms with van der Waals surface area (Å²) in [6.07, 6.45) is 7.21. The monoisotopic (exact) mass is 476 g/mol. The first kappa shape index (κ1) is 22.0. The van der Waals surface area contributed by atoms with Gasteiger partial charge in [-0.15, -0.1) is 11.8 Å². The first-order valence-corrected chi connectivity index (χ1v) is 13.7. The van der Waals surface area contributed by atoms with E-state index in [1.54, 1.807) is 11.8 Å². The third kappa shape index (κ3) is 3.80. The highest BCUT2D eigenvalue weighted by Gasteiger charge is 2.54. The smallest absolute Gasteiger partial charge is 0.238 e. The Labute approximate surface area is 205 Å². The minimum atomic E-state index is -0.152. The van der Waals surface area contributed by atoms with E-state index in [0.717, 1.165) is 59.7 Å². The molecule has 0 unspecified atom stereocenters. The number of carbonyl (C=O) groups excluding carboxylic acids is 2. The van der Waals surface area contributed by atoms with Crippen molar-refractivity contribution < 1.29 is 14.3 Å². The average Bonchev–Trinajstić information content (AvgIpc) is 3.20. The standard InChI is InChI=1S/C28H32N2O3S/c1-2-33-24-6-4-3-5-23(24)30-25(31)17-34-26(30)21-7-9-22(10-8-21)29-27(32)28-14-18-11-19(15-28)13-20(12-18)16-28/h3-10,18-20,26H,2,11-17H2,1H3,(H,29,32)/t18?,19?,20?,26-,28?/m0/s1. The average molecular weight is 477 g/mol. The van der Waals surface area contributed by atoms with E-state index in [0.29, 0.717) is 12.4 Å². The molecule has 1 heterocycles. The number of ether oxygens (including phenoxy) is 1. The minimum Gasteiger partial charge on any atom is -0.492 e. The molecule has 6 heteroatoms. The van der Waals surface area contributed by atoms with Crippen molar-refractivity contribution in [2.24, 2.45) is 23.2 Å². The quantitative estimate of drug-likeness (QED) is 0.554. The summed E-state index contributed by atoms with van der Waals surface area (Å²) in [6, 6.07) is 15.8. The molecule has 2 amide bonds. The summed E-state index contributed by atoms with van der Waals surface area (Å²) in [6.45, 7) is 2.50. The van der Waals surface area contributed by atoms with E-state index in [2.05, 4.69) is 5.32 Å². The van der Waals surface area contributed by atoms with E-state index in [-0.39, 0.29) is 22.6 Å². The summed E-state index contributed by atoms with van der Waals surface area (Å²) in [5, 5.41) is 3.14. The van der Waals surface area contributed by atoms with Gasteiger partial charge in [0.1, 0.15) is 11.1 Å². The molecule has 7 rings (SSSR count). The second-order valence-electron chi connectivity index (χ2n) is 10.6. The van der Waals surface area contributed by atoms with Gasteiger partial charge in [0.25, 0.3) is 0 Å². The Kier molecular flexibility index (Phi) is 5.59. The van der Waals surface area contributed by atoms with Crippen molar-refractivity contribution in [3.63, 3.8) is 0 Å². The van der Waals surface area contributed by atoms with Gasteiger partial charge in [0.05, 0.1) is 23.5 Å². The molecule has 2 aromatic rings. The lowest BCUT2D eigenvalue weighted by molar-refractivity contribution is -0.140. The number of amides is 2. The van der Waals surface area contributed by atoms with Crippen LogP contribution < -0.4 is 15.0 Å². The number of nitrogens with zero attached hydrogens (tertiary/aromatic N) is 1. The molecule has 4 bridgehead atoms. The van der Waals surface area contributed by atoms with Crippen LogP contribution in [-0.2, 0) is 9.59 Å². The molecule has 4 aliphatic carbocycles. The van der Waals surface area contributed by atoms with Gasteiger partial charge in [-0.3, -0.25) is 14.5 Å². The van der Waals surface area contributed by atoms with E-state index in [1.165, 1.54) is 19.3 Å². The highest BCUT2D eigenvalue weighted by molar-refractivity contribution is 8.00. The molecule has 1 aliphatic heterocycles. The molecule has 5 aliphatic rings. The molecule has 5 nitrogen and oxygen atoms in total. The molecule has 0 aromatic heterocycles. The van der Waals surface area contributed by atoms with Crippen LogP contribution in [0, 0.1) is 23.2 Å². The Bertz CT molecular complexity index is 1060. The summed E-state index contributed by atoms with van der Waals surface area (Å²) in [5.74, 6) is 3.73. The molecule has 178 valence electrons. The summed E-state index contributed by atoms with van der Waals surface area (Å²) in [7, 11) is 0. The largest absolute Gasteiger partial charge is 0.492 e. The van der Waals surface area contributed by atoms with Crippen molar-refractivity contribution in [2.45, 2.75) is 50.8 Å². The summed E-state index contributed by atoms with van der Waals surface area (Å²) in [4.78, 5) is 28.1. The number of para-hydroxylation sites is 2. The van der Waals surface area contributed by atoms with Gasteiger partial charge in [0, 0.05) is 5.69 Å². The van der Waals surface area contributed by atoms with Crippen molar-refractivity contribution in [1.29, 1.82) is 0 Å². The number of rotatable bonds is 6. The van der Waals surface area contributed by atoms with Crippen LogP contribution in [0.15, 0.2) is 48.5 Å². The van der Waals surface area contributed by atoms with Gasteiger partial charge in [-0.2, -0.15) is 0 Å². The van der Waals surface area contributed by atoms with E-state index in [4.69, 9.17) is 4.74 Å². The van der Waals surface area contributed by atoms with Gasteiger partial charge < -0.3 is 10.1 Å². The Balaban J connectivity index is 1.19. The van der Waals surface area contributed by atoms with Crippen molar-refractivity contribution in [3.05, 3.63) is 54.1 Å². The number of benzene rings is 2. The Morgan fingerprint density at radius 2 is 1.68 bits per heavy atom. The molecule has 0 spiro atoms. The van der Waals surface area contributed by atoms with Crippen molar-refractivity contribution >= 4 is 35.0 Å². The van der Waals surface area contributed by atoms with Crippen LogP contribution in [0.4, 0.5) is 11.4 Å². The molecule has 2 aromatic carbocycles. The van der Waals surface area contributed by atoms with Gasteiger partial charge in [-0.1, -0.05) is 24.3 Å². The van der Waals surface area contributed by atoms with Crippen molar-refractivity contribution in [3.8, 4) is 5.75 Å². The number of carbonyl (C=O) groups is 2. The lowest BCUT2D eigenvalue weighted by Gasteiger charge is -2.55. The Hall–Kier alpha value is -2.47. The SMILES string of the molecule is CCOc1ccccc1N1C(=O)CS[C@H]1c1ccc(NC(=O)C23CC4CC(CC(C4)C2)C3)cc1. The zero-order valence-electron chi connectivity index (χ0n) is 19.7. The molecule has 34 heavy (non-hydrogen) atoms. The maximum absolute atomic E-state index is 13.4. The van der Waals surface area contributed by atoms with Crippen LogP contribution in [0.5, 0.6) is 5.75 Å². The molecule has 4 saturated carbocycles. The van der Waals surface area contributed by atoms with Gasteiger partial charge in [0.2, 0.25) is 11.8 Å². The van der Waals surface area contributed by atoms with E-state index in [1.807, 2.05) is 60.4 Å². The Morgan fingerprint density at radius 3 is 2.32 bits per heavy atom. The topological polar surface area (TPSA) is 58.6 Å². The predicted octanol–water partition coefficient (Wildman–Crippen LogP) is 6.02. The lowest BCUT2D eigenvalue weighted by atomic mass is 9.49. The zero-order valence-corrected chi connectivity index (χ0v) is 20.5. The first-order valence-electron chi connectivity index (χ1n) is 12.6. The number of thioether (sulfide) groups is 1. The highest BCUT2D eigenvalue weighted by Crippen LogP contribution is 2.60. The molecular formula is C28H32N2O3S. The fourth-order valence-electron chi connectivity index (χ4n) is 7.25. The maximum atomic E-state index is 13.4. The van der Waals surface area contributed by atoms with Crippen molar-refractivity contribution in [1.82, 2.24) is 0 Å². The summed E-state index contributed by atoms with van der Waals surface area (Å²) in [5.41, 5.74) is 2.56. The predicted molar refractivity (Wildman–Crippen MR) is 136 cm³/mol. The number of hydrogen-bond donors (Lipinski definition) is 1. The van der Waals surface area contributed by atoms with Crippen LogP contribution in [0.2, 0.25) is 0 Å². The van der Waals surface area contributed by atoms with Crippen LogP contribution in [0.25, 0.3) is 0 Å². The number of hydrogen-bond acceptors (Lipinski definition) is 4. The molecule has 0 radical (unpaired) electrons. The highest BCUT2D eigenvalue weighted by atomic mass is 32.2. The van der Waals surface area contributed by atoms with Gasteiger partial charge in [-0.05, 0) is 93.0 Å². The van der Waals surface area contributed by atoms with Crippen LogP contribution in [0.3, 0.4) is 0 Å². The molecule has 5 fully saturated rings. The summed E-state index contributed by atoms with van der Waals surface area (Å²) >= 11 is 1.63. The third-order valence-corrected chi connectivity index (χ3v) is 9.48. The lowest BCUT2D eigenvalue weighted by Crippen LogP contribution is -2.51. The fraction of sp³-hybridized carbons (Fsp3) is 0.500. The van der Waals surface area contributed by atoms with Crippen LogP contribution in [-0.4, -0.2) is 24.2 Å². The van der Waals surface area contributed by atoms with Crippen LogP contribution in [0.1, 0.15) is 56.4 Å². The molecule has 1 N–H and O–H groups in total. The third-order valence-electron chi connectivity index (χ3n) is 8.27. The maximum Gasteiger partial charge on any atom is 0.238 e. The van der Waals surface area contributed by atoms with Gasteiger partial charge >= 0.3 is 0 Å².